The van der Waals surface area contributed by atoms with E-state index in [1.165, 1.54) is 65.8 Å². The van der Waals surface area contributed by atoms with Crippen molar-refractivity contribution in [2.75, 3.05) is 5.75 Å². The highest BCUT2D eigenvalue weighted by atomic mass is 32.2. The molecule has 0 saturated heterocycles. The van der Waals surface area contributed by atoms with E-state index >= 15 is 0 Å². The predicted octanol–water partition coefficient (Wildman–Crippen LogP) is 3.45. The quantitative estimate of drug-likeness (QED) is 0.326. The van der Waals surface area contributed by atoms with E-state index in [-0.39, 0.29) is 51.4 Å². The maximum atomic E-state index is 13.5. The summed E-state index contributed by atoms with van der Waals surface area (Å²) in [6.07, 6.45) is -3.31. The number of aromatic nitrogens is 7. The molecular weight excluding hydrogens is 551 g/mol. The van der Waals surface area contributed by atoms with Crippen LogP contribution in [0.1, 0.15) is 25.2 Å². The molecule has 0 aliphatic carbocycles. The van der Waals surface area contributed by atoms with Gasteiger partial charge < -0.3 is 9.67 Å². The first kappa shape index (κ1) is 27.1. The van der Waals surface area contributed by atoms with Crippen molar-refractivity contribution in [3.05, 3.63) is 70.7 Å². The number of imidazole rings is 1. The van der Waals surface area contributed by atoms with Gasteiger partial charge >= 0.3 is 11.9 Å². The standard InChI is InChI=1S/C25H22F3N7O4S/c1-4-16-22-17(12-19(30-16)25(26,27)28)31-23(33(22)3)21-18(40(38,39)5-2)10-11-20(32-21)35-24(37)34(13-29-35)14-6-8-15(36)9-7-14/h6-13,36H,4-5H2,1-3H3. The molecule has 0 amide bonds. The number of hydrogen-bond donors (Lipinski definition) is 1. The number of aromatic hydroxyl groups is 1. The summed E-state index contributed by atoms with van der Waals surface area (Å²) in [6.45, 7) is 3.10. The Hall–Kier alpha value is -4.53. The first-order valence-electron chi connectivity index (χ1n) is 12.0. The molecule has 1 N–H and O–H groups in total. The number of hydrogen-bond acceptors (Lipinski definition) is 8. The van der Waals surface area contributed by atoms with Crippen molar-refractivity contribution < 1.29 is 26.7 Å². The summed E-state index contributed by atoms with van der Waals surface area (Å²) in [5, 5.41) is 13.6. The third-order valence-electron chi connectivity index (χ3n) is 6.33. The minimum atomic E-state index is -4.71. The van der Waals surface area contributed by atoms with Gasteiger partial charge in [-0.25, -0.2) is 32.7 Å². The smallest absolute Gasteiger partial charge is 0.433 e. The first-order valence-corrected chi connectivity index (χ1v) is 13.6. The molecule has 4 heterocycles. The number of phenolic OH excluding ortho intramolecular Hbond substituents is 1. The lowest BCUT2D eigenvalue weighted by Crippen LogP contribution is -2.23. The number of aryl methyl sites for hydroxylation is 2. The number of benzene rings is 1. The number of fused-ring (bicyclic) bond motifs is 1. The molecule has 5 rings (SSSR count). The Balaban J connectivity index is 1.75. The molecule has 0 spiro atoms. The molecule has 0 radical (unpaired) electrons. The van der Waals surface area contributed by atoms with E-state index in [1.807, 2.05) is 0 Å². The molecule has 0 aliphatic rings. The zero-order chi connectivity index (χ0) is 29.0. The van der Waals surface area contributed by atoms with Crippen LogP contribution in [0.25, 0.3) is 34.1 Å². The van der Waals surface area contributed by atoms with Crippen LogP contribution in [0.15, 0.2) is 58.5 Å². The molecule has 0 aliphatic heterocycles. The highest BCUT2D eigenvalue weighted by Crippen LogP contribution is 2.34. The molecule has 1 aromatic carbocycles. The molecule has 4 aromatic heterocycles. The van der Waals surface area contributed by atoms with E-state index in [2.05, 4.69) is 20.1 Å². The molecule has 208 valence electrons. The fourth-order valence-electron chi connectivity index (χ4n) is 4.30. The van der Waals surface area contributed by atoms with Crippen LogP contribution in [0, 0.1) is 0 Å². The Morgan fingerprint density at radius 1 is 1.00 bits per heavy atom. The summed E-state index contributed by atoms with van der Waals surface area (Å²) in [5.74, 6) is -0.329. The van der Waals surface area contributed by atoms with Crippen molar-refractivity contribution in [2.24, 2.45) is 7.05 Å². The van der Waals surface area contributed by atoms with E-state index < -0.39 is 27.4 Å². The first-order chi connectivity index (χ1) is 18.9. The number of pyridine rings is 2. The molecule has 0 saturated carbocycles. The minimum absolute atomic E-state index is 0.00876. The van der Waals surface area contributed by atoms with Gasteiger partial charge in [-0.15, -0.1) is 0 Å². The van der Waals surface area contributed by atoms with Crippen molar-refractivity contribution in [3.8, 4) is 28.8 Å². The highest BCUT2D eigenvalue weighted by Gasteiger charge is 2.34. The largest absolute Gasteiger partial charge is 0.508 e. The Labute approximate surface area is 225 Å². The number of nitrogens with zero attached hydrogens (tertiary/aromatic N) is 7. The van der Waals surface area contributed by atoms with Crippen LogP contribution in [0.3, 0.4) is 0 Å². The number of sulfone groups is 1. The second kappa shape index (κ2) is 9.59. The van der Waals surface area contributed by atoms with Gasteiger partial charge in [0.2, 0.25) is 0 Å². The molecule has 15 heteroatoms. The highest BCUT2D eigenvalue weighted by molar-refractivity contribution is 7.91. The second-order valence-corrected chi connectivity index (χ2v) is 11.0. The summed E-state index contributed by atoms with van der Waals surface area (Å²) in [4.78, 5) is 25.5. The fraction of sp³-hybridized carbons (Fsp3) is 0.240. The van der Waals surface area contributed by atoms with Crippen LogP contribution in [0.4, 0.5) is 13.2 Å². The summed E-state index contributed by atoms with van der Waals surface area (Å²) < 4.78 is 70.1. The van der Waals surface area contributed by atoms with Gasteiger partial charge in [0.05, 0.1) is 33.1 Å². The number of halogens is 3. The Morgan fingerprint density at radius 2 is 1.70 bits per heavy atom. The van der Waals surface area contributed by atoms with E-state index in [0.717, 1.165) is 10.7 Å². The van der Waals surface area contributed by atoms with Gasteiger partial charge in [0.1, 0.15) is 23.5 Å². The van der Waals surface area contributed by atoms with E-state index in [9.17, 15) is 31.5 Å². The van der Waals surface area contributed by atoms with Gasteiger partial charge in [0, 0.05) is 7.05 Å². The van der Waals surface area contributed by atoms with Gasteiger partial charge in [-0.1, -0.05) is 13.8 Å². The fourth-order valence-corrected chi connectivity index (χ4v) is 5.32. The van der Waals surface area contributed by atoms with Gasteiger partial charge in [-0.2, -0.15) is 23.0 Å². The normalized spacial score (nSPS) is 12.3. The second-order valence-electron chi connectivity index (χ2n) is 8.80. The lowest BCUT2D eigenvalue weighted by Gasteiger charge is -2.11. The molecular formula is C25H22F3N7O4S. The minimum Gasteiger partial charge on any atom is -0.508 e. The average molecular weight is 574 g/mol. The van der Waals surface area contributed by atoms with Crippen molar-refractivity contribution in [2.45, 2.75) is 31.3 Å². The van der Waals surface area contributed by atoms with Gasteiger partial charge in [-0.3, -0.25) is 0 Å². The predicted molar refractivity (Wildman–Crippen MR) is 138 cm³/mol. The summed E-state index contributed by atoms with van der Waals surface area (Å²) in [7, 11) is -2.35. The van der Waals surface area contributed by atoms with Crippen molar-refractivity contribution in [1.29, 1.82) is 0 Å². The maximum Gasteiger partial charge on any atom is 0.433 e. The molecule has 11 nitrogen and oxygen atoms in total. The molecule has 0 atom stereocenters. The average Bonchev–Trinajstić information content (AvgIpc) is 3.47. The summed E-state index contributed by atoms with van der Waals surface area (Å²) in [6, 6.07) is 9.19. The van der Waals surface area contributed by atoms with E-state index in [4.69, 9.17) is 0 Å². The van der Waals surface area contributed by atoms with Crippen LogP contribution >= 0.6 is 0 Å². The zero-order valence-electron chi connectivity index (χ0n) is 21.4. The molecule has 0 unspecified atom stereocenters. The number of phenols is 1. The molecule has 0 fully saturated rings. The van der Waals surface area contributed by atoms with E-state index in [0.29, 0.717) is 11.2 Å². The molecule has 5 aromatic rings. The molecule has 0 bridgehead atoms. The third kappa shape index (κ3) is 4.51. The zero-order valence-corrected chi connectivity index (χ0v) is 22.2. The van der Waals surface area contributed by atoms with Gasteiger partial charge in [0.15, 0.2) is 21.5 Å². The Kier molecular flexibility index (Phi) is 6.48. The Bertz CT molecular complexity index is 1930. The number of alkyl halides is 3. The van der Waals surface area contributed by atoms with Crippen molar-refractivity contribution in [3.63, 3.8) is 0 Å². The number of rotatable bonds is 6. The lowest BCUT2D eigenvalue weighted by molar-refractivity contribution is -0.141. The van der Waals surface area contributed by atoms with Crippen LogP contribution < -0.4 is 5.69 Å². The third-order valence-corrected chi connectivity index (χ3v) is 8.09. The van der Waals surface area contributed by atoms with Crippen LogP contribution in [0.2, 0.25) is 0 Å². The molecule has 40 heavy (non-hydrogen) atoms. The summed E-state index contributed by atoms with van der Waals surface area (Å²) in [5.41, 5.74) is -1.09. The topological polar surface area (TPSA) is 138 Å². The van der Waals surface area contributed by atoms with Crippen LogP contribution in [0.5, 0.6) is 5.75 Å². The van der Waals surface area contributed by atoms with Crippen LogP contribution in [-0.4, -0.2) is 53.1 Å². The maximum absolute atomic E-state index is 13.5. The SMILES string of the molecule is CCc1nc(C(F)(F)F)cc2nc(-c3nc(-n4ncn(-c5ccc(O)cc5)c4=O)ccc3S(=O)(=O)CC)n(C)c12. The van der Waals surface area contributed by atoms with Crippen molar-refractivity contribution >= 4 is 20.9 Å². The van der Waals surface area contributed by atoms with Gasteiger partial charge in [0.25, 0.3) is 0 Å². The summed E-state index contributed by atoms with van der Waals surface area (Å²) >= 11 is 0. The van der Waals surface area contributed by atoms with Crippen LogP contribution in [-0.2, 0) is 29.5 Å². The Morgan fingerprint density at radius 3 is 2.33 bits per heavy atom. The van der Waals surface area contributed by atoms with Gasteiger partial charge in [-0.05, 0) is 48.9 Å². The van der Waals surface area contributed by atoms with E-state index in [1.54, 1.807) is 6.92 Å². The van der Waals surface area contributed by atoms with Crippen molar-refractivity contribution in [1.82, 2.24) is 33.9 Å². The lowest BCUT2D eigenvalue weighted by atomic mass is 10.2. The monoisotopic (exact) mass is 573 g/mol.